The van der Waals surface area contributed by atoms with Crippen molar-refractivity contribution in [2.45, 2.75) is 33.6 Å². The molecule has 0 spiro atoms. The molecule has 0 aromatic carbocycles. The number of hydrogen-bond donors (Lipinski definition) is 0. The number of pyridine rings is 1. The van der Waals surface area contributed by atoms with Gasteiger partial charge < -0.3 is 0 Å². The van der Waals surface area contributed by atoms with Crippen molar-refractivity contribution in [3.8, 4) is 0 Å². The van der Waals surface area contributed by atoms with E-state index in [1.165, 1.54) is 11.1 Å². The van der Waals surface area contributed by atoms with Crippen LogP contribution in [0.25, 0.3) is 0 Å². The van der Waals surface area contributed by atoms with Crippen LogP contribution in [-0.4, -0.2) is 4.98 Å². The summed E-state index contributed by atoms with van der Waals surface area (Å²) in [5.74, 6) is 0.591. The smallest absolute Gasteiger partial charge is 0.0372 e. The van der Waals surface area contributed by atoms with E-state index in [1.54, 1.807) is 0 Å². The number of rotatable bonds is 4. The van der Waals surface area contributed by atoms with Crippen molar-refractivity contribution in [3.05, 3.63) is 41.7 Å². The summed E-state index contributed by atoms with van der Waals surface area (Å²) in [5.41, 5.74) is 3.71. The second kappa shape index (κ2) is 4.94. The van der Waals surface area contributed by atoms with Crippen LogP contribution in [0.5, 0.6) is 0 Å². The van der Waals surface area contributed by atoms with Crippen LogP contribution in [0.15, 0.2) is 30.5 Å². The van der Waals surface area contributed by atoms with E-state index in [0.29, 0.717) is 5.92 Å². The van der Waals surface area contributed by atoms with Gasteiger partial charge in [-0.2, -0.15) is 0 Å². The molecule has 0 amide bonds. The summed E-state index contributed by atoms with van der Waals surface area (Å²) in [6, 6.07) is 4.21. The van der Waals surface area contributed by atoms with Gasteiger partial charge in [0.1, 0.15) is 0 Å². The number of aromatic nitrogens is 1. The standard InChI is InChI=1S/C13H19N/c1-10(2)11(3)5-7-13-8-6-12(4)14-9-13/h6,8-10H,3,5,7H2,1-2,4H3. The molecular formula is C13H19N. The van der Waals surface area contributed by atoms with Crippen LogP contribution >= 0.6 is 0 Å². The first kappa shape index (κ1) is 11.0. The molecule has 76 valence electrons. The second-order valence-electron chi connectivity index (χ2n) is 4.12. The van der Waals surface area contributed by atoms with Gasteiger partial charge in [-0.25, -0.2) is 0 Å². The van der Waals surface area contributed by atoms with Gasteiger partial charge in [0.25, 0.3) is 0 Å². The lowest BCUT2D eigenvalue weighted by Crippen LogP contribution is -1.95. The average molecular weight is 189 g/mol. The molecular weight excluding hydrogens is 170 g/mol. The number of aryl methyl sites for hydroxylation is 2. The Bertz CT molecular complexity index is 296. The highest BCUT2D eigenvalue weighted by Crippen LogP contribution is 2.14. The molecule has 1 aromatic rings. The zero-order valence-corrected chi connectivity index (χ0v) is 9.38. The molecule has 0 aliphatic rings. The van der Waals surface area contributed by atoms with Crippen molar-refractivity contribution in [1.29, 1.82) is 0 Å². The van der Waals surface area contributed by atoms with Gasteiger partial charge in [-0.15, -0.1) is 0 Å². The number of allylic oxidation sites excluding steroid dienone is 1. The second-order valence-corrected chi connectivity index (χ2v) is 4.12. The molecule has 1 rings (SSSR count). The van der Waals surface area contributed by atoms with Gasteiger partial charge in [-0.3, -0.25) is 4.98 Å². The molecule has 0 saturated heterocycles. The van der Waals surface area contributed by atoms with Gasteiger partial charge in [0.2, 0.25) is 0 Å². The summed E-state index contributed by atoms with van der Waals surface area (Å²) in [7, 11) is 0. The highest BCUT2D eigenvalue weighted by molar-refractivity contribution is 5.15. The minimum Gasteiger partial charge on any atom is -0.261 e. The lowest BCUT2D eigenvalue weighted by atomic mass is 9.98. The van der Waals surface area contributed by atoms with Gasteiger partial charge in [0, 0.05) is 11.9 Å². The van der Waals surface area contributed by atoms with Gasteiger partial charge >= 0.3 is 0 Å². The first-order chi connectivity index (χ1) is 6.59. The Hall–Kier alpha value is -1.11. The molecule has 1 heteroatoms. The largest absolute Gasteiger partial charge is 0.261 e. The first-order valence-corrected chi connectivity index (χ1v) is 5.19. The van der Waals surface area contributed by atoms with E-state index in [4.69, 9.17) is 0 Å². The topological polar surface area (TPSA) is 12.9 Å². The van der Waals surface area contributed by atoms with E-state index in [2.05, 4.69) is 37.5 Å². The Kier molecular flexibility index (Phi) is 3.87. The van der Waals surface area contributed by atoms with Crippen LogP contribution in [0.1, 0.15) is 31.5 Å². The van der Waals surface area contributed by atoms with Crippen LogP contribution in [0.3, 0.4) is 0 Å². The van der Waals surface area contributed by atoms with Crippen molar-refractivity contribution >= 4 is 0 Å². The van der Waals surface area contributed by atoms with Crippen molar-refractivity contribution in [2.75, 3.05) is 0 Å². The highest BCUT2D eigenvalue weighted by Gasteiger charge is 2.00. The molecule has 0 aliphatic carbocycles. The maximum absolute atomic E-state index is 4.27. The van der Waals surface area contributed by atoms with E-state index in [9.17, 15) is 0 Å². The summed E-state index contributed by atoms with van der Waals surface area (Å²) in [4.78, 5) is 4.27. The maximum Gasteiger partial charge on any atom is 0.0372 e. The van der Waals surface area contributed by atoms with Gasteiger partial charge in [-0.05, 0) is 37.3 Å². The van der Waals surface area contributed by atoms with Gasteiger partial charge in [-0.1, -0.05) is 32.1 Å². The normalized spacial score (nSPS) is 10.6. The molecule has 0 bridgehead atoms. The average Bonchev–Trinajstić information content (AvgIpc) is 2.16. The zero-order valence-electron chi connectivity index (χ0n) is 9.38. The predicted octanol–water partition coefficient (Wildman–Crippen LogP) is 3.53. The molecule has 0 atom stereocenters. The van der Waals surface area contributed by atoms with Crippen LogP contribution in [0, 0.1) is 12.8 Å². The predicted molar refractivity (Wildman–Crippen MR) is 61.3 cm³/mol. The molecule has 0 N–H and O–H groups in total. The Balaban J connectivity index is 2.46. The molecule has 0 radical (unpaired) electrons. The third-order valence-corrected chi connectivity index (χ3v) is 2.52. The minimum atomic E-state index is 0.591. The summed E-state index contributed by atoms with van der Waals surface area (Å²) < 4.78 is 0. The monoisotopic (exact) mass is 189 g/mol. The fourth-order valence-corrected chi connectivity index (χ4v) is 1.24. The van der Waals surface area contributed by atoms with Crippen LogP contribution in [0.4, 0.5) is 0 Å². The molecule has 0 unspecified atom stereocenters. The minimum absolute atomic E-state index is 0.591. The lowest BCUT2D eigenvalue weighted by molar-refractivity contribution is 0.713. The van der Waals surface area contributed by atoms with Gasteiger partial charge in [0.05, 0.1) is 0 Å². The molecule has 1 heterocycles. The lowest BCUT2D eigenvalue weighted by Gasteiger charge is -2.08. The van der Waals surface area contributed by atoms with E-state index in [-0.39, 0.29) is 0 Å². The summed E-state index contributed by atoms with van der Waals surface area (Å²) >= 11 is 0. The van der Waals surface area contributed by atoms with Crippen molar-refractivity contribution in [2.24, 2.45) is 5.92 Å². The SMILES string of the molecule is C=C(CCc1ccc(C)nc1)C(C)C. The fourth-order valence-electron chi connectivity index (χ4n) is 1.24. The Morgan fingerprint density at radius 3 is 2.64 bits per heavy atom. The molecule has 0 fully saturated rings. The maximum atomic E-state index is 4.27. The summed E-state index contributed by atoms with van der Waals surface area (Å²) in [5, 5.41) is 0. The molecule has 1 nitrogen and oxygen atoms in total. The van der Waals surface area contributed by atoms with Crippen LogP contribution in [-0.2, 0) is 6.42 Å². The van der Waals surface area contributed by atoms with E-state index < -0.39 is 0 Å². The summed E-state index contributed by atoms with van der Waals surface area (Å²) in [6.07, 6.45) is 4.09. The summed E-state index contributed by atoms with van der Waals surface area (Å²) in [6.45, 7) is 10.5. The van der Waals surface area contributed by atoms with Crippen molar-refractivity contribution in [1.82, 2.24) is 4.98 Å². The third kappa shape index (κ3) is 3.33. The number of hydrogen-bond acceptors (Lipinski definition) is 1. The fraction of sp³-hybridized carbons (Fsp3) is 0.462. The first-order valence-electron chi connectivity index (χ1n) is 5.19. The molecule has 0 saturated carbocycles. The highest BCUT2D eigenvalue weighted by atomic mass is 14.6. The van der Waals surface area contributed by atoms with E-state index in [1.807, 2.05) is 13.1 Å². The molecule has 1 aromatic heterocycles. The van der Waals surface area contributed by atoms with Crippen molar-refractivity contribution in [3.63, 3.8) is 0 Å². The Labute approximate surface area is 86.9 Å². The molecule has 14 heavy (non-hydrogen) atoms. The van der Waals surface area contributed by atoms with Crippen LogP contribution in [0.2, 0.25) is 0 Å². The van der Waals surface area contributed by atoms with E-state index >= 15 is 0 Å². The Morgan fingerprint density at radius 1 is 1.43 bits per heavy atom. The van der Waals surface area contributed by atoms with Crippen LogP contribution < -0.4 is 0 Å². The molecule has 0 aliphatic heterocycles. The quantitative estimate of drug-likeness (QED) is 0.660. The zero-order chi connectivity index (χ0) is 10.6. The van der Waals surface area contributed by atoms with Crippen molar-refractivity contribution < 1.29 is 0 Å². The van der Waals surface area contributed by atoms with E-state index in [0.717, 1.165) is 18.5 Å². The third-order valence-electron chi connectivity index (χ3n) is 2.52. The number of nitrogens with zero attached hydrogens (tertiary/aromatic N) is 1. The Morgan fingerprint density at radius 2 is 2.14 bits per heavy atom. The van der Waals surface area contributed by atoms with Gasteiger partial charge in [0.15, 0.2) is 0 Å².